The van der Waals surface area contributed by atoms with E-state index in [1.165, 1.54) is 31.5 Å². The molecule has 0 saturated carbocycles. The average molecular weight is 449 g/mol. The van der Waals surface area contributed by atoms with Gasteiger partial charge in [0.25, 0.3) is 11.8 Å². The van der Waals surface area contributed by atoms with Gasteiger partial charge < -0.3 is 9.47 Å². The van der Waals surface area contributed by atoms with Crippen LogP contribution in [0.15, 0.2) is 36.8 Å². The molecular weight excluding hydrogens is 427 g/mol. The first-order valence-corrected chi connectivity index (χ1v) is 9.78. The van der Waals surface area contributed by atoms with Gasteiger partial charge in [0.2, 0.25) is 0 Å². The summed E-state index contributed by atoms with van der Waals surface area (Å²) in [6.45, 7) is 2.90. The molecule has 0 unspecified atom stereocenters. The molecule has 32 heavy (non-hydrogen) atoms. The number of carbonyl (C=O) groups excluding carboxylic acids is 1. The number of anilines is 1. The molecule has 11 heteroatoms. The van der Waals surface area contributed by atoms with Crippen molar-refractivity contribution < 1.29 is 27.4 Å². The highest BCUT2D eigenvalue weighted by molar-refractivity contribution is 6.09. The molecule has 0 saturated heterocycles. The molecule has 0 bridgehead atoms. The van der Waals surface area contributed by atoms with Gasteiger partial charge in [0.15, 0.2) is 5.75 Å². The minimum absolute atomic E-state index is 0.125. The number of rotatable bonds is 5. The van der Waals surface area contributed by atoms with Gasteiger partial charge in [-0.15, -0.1) is 0 Å². The van der Waals surface area contributed by atoms with Gasteiger partial charge in [0, 0.05) is 18.0 Å². The van der Waals surface area contributed by atoms with Crippen molar-refractivity contribution in [2.45, 2.75) is 33.1 Å². The number of alkyl halides is 3. The lowest BCUT2D eigenvalue weighted by atomic mass is 10.1. The lowest BCUT2D eigenvalue weighted by Crippen LogP contribution is -2.22. The topological polar surface area (TPSA) is 82.4 Å². The largest absolute Gasteiger partial charge is 0.491 e. The Kier molecular flexibility index (Phi) is 6.66. The van der Waals surface area contributed by atoms with E-state index >= 15 is 0 Å². The molecule has 0 aromatic carbocycles. The van der Waals surface area contributed by atoms with E-state index in [9.17, 15) is 18.0 Å². The van der Waals surface area contributed by atoms with Crippen molar-refractivity contribution in [2.24, 2.45) is 0 Å². The van der Waals surface area contributed by atoms with Gasteiger partial charge >= 0.3 is 6.18 Å². The molecule has 0 spiro atoms. The highest BCUT2D eigenvalue weighted by Crippen LogP contribution is 2.32. The smallest absolute Gasteiger partial charge is 0.408 e. The number of hydrogen-bond donors (Lipinski definition) is 0. The van der Waals surface area contributed by atoms with E-state index in [0.717, 1.165) is 4.68 Å². The van der Waals surface area contributed by atoms with Gasteiger partial charge in [-0.2, -0.15) is 18.3 Å². The Bertz CT molecular complexity index is 1110. The third-order valence-electron chi connectivity index (χ3n) is 4.56. The molecule has 4 heterocycles. The second kappa shape index (κ2) is 9.25. The zero-order chi connectivity index (χ0) is 23.5. The minimum Gasteiger partial charge on any atom is -0.491 e. The Balaban J connectivity index is 0.00000141. The van der Waals surface area contributed by atoms with E-state index in [-0.39, 0.29) is 18.1 Å². The highest BCUT2D eigenvalue weighted by Gasteiger charge is 2.32. The fourth-order valence-corrected chi connectivity index (χ4v) is 3.19. The molecule has 0 aliphatic carbocycles. The SMILES string of the molecule is CC.COc1cc(-c2ccc3c(n2)CN(c2cnn(CC(F)(F)F)c2)C3=O)cnc1OC. The number of fused-ring (bicyclic) bond motifs is 1. The number of amides is 1. The van der Waals surface area contributed by atoms with Crippen molar-refractivity contribution >= 4 is 11.6 Å². The maximum Gasteiger partial charge on any atom is 0.408 e. The molecule has 1 aliphatic heterocycles. The molecule has 170 valence electrons. The first kappa shape index (κ1) is 23.0. The van der Waals surface area contributed by atoms with Crippen LogP contribution in [0.25, 0.3) is 11.3 Å². The summed E-state index contributed by atoms with van der Waals surface area (Å²) in [6, 6.07) is 5.03. The summed E-state index contributed by atoms with van der Waals surface area (Å²) in [7, 11) is 2.98. The third kappa shape index (κ3) is 4.66. The quantitative estimate of drug-likeness (QED) is 0.583. The summed E-state index contributed by atoms with van der Waals surface area (Å²) in [5.41, 5.74) is 2.41. The molecular formula is C21H22F3N5O3. The van der Waals surface area contributed by atoms with Crippen LogP contribution in [0.3, 0.4) is 0 Å². The Labute approximate surface area is 182 Å². The number of nitrogens with zero attached hydrogens (tertiary/aromatic N) is 5. The fraction of sp³-hybridized carbons (Fsp3) is 0.333. The summed E-state index contributed by atoms with van der Waals surface area (Å²) in [6.07, 6.45) is -0.401. The lowest BCUT2D eigenvalue weighted by molar-refractivity contribution is -0.142. The fourth-order valence-electron chi connectivity index (χ4n) is 3.19. The number of ether oxygens (including phenoxy) is 2. The van der Waals surface area contributed by atoms with Crippen LogP contribution in [-0.2, 0) is 13.1 Å². The van der Waals surface area contributed by atoms with E-state index in [1.807, 2.05) is 13.8 Å². The number of pyridine rings is 2. The summed E-state index contributed by atoms with van der Waals surface area (Å²) in [4.78, 5) is 22.8. The molecule has 1 amide bonds. The van der Waals surface area contributed by atoms with Crippen molar-refractivity contribution in [3.8, 4) is 22.9 Å². The number of methoxy groups -OCH3 is 2. The predicted molar refractivity (Wildman–Crippen MR) is 111 cm³/mol. The first-order valence-electron chi connectivity index (χ1n) is 9.78. The number of hydrogen-bond acceptors (Lipinski definition) is 6. The minimum atomic E-state index is -4.40. The molecule has 0 fully saturated rings. The first-order chi connectivity index (χ1) is 15.3. The van der Waals surface area contributed by atoms with Crippen molar-refractivity contribution in [3.63, 3.8) is 0 Å². The van der Waals surface area contributed by atoms with E-state index in [4.69, 9.17) is 9.47 Å². The number of aromatic nitrogens is 4. The second-order valence-corrected chi connectivity index (χ2v) is 6.53. The molecule has 0 atom stereocenters. The normalized spacial score (nSPS) is 12.8. The van der Waals surface area contributed by atoms with Crippen molar-refractivity contribution in [1.82, 2.24) is 19.7 Å². The molecule has 3 aromatic rings. The van der Waals surface area contributed by atoms with Crippen LogP contribution in [-0.4, -0.2) is 46.1 Å². The van der Waals surface area contributed by atoms with Crippen molar-refractivity contribution in [2.75, 3.05) is 19.1 Å². The summed E-state index contributed by atoms with van der Waals surface area (Å²) in [5, 5.41) is 3.69. The average Bonchev–Trinajstić information content (AvgIpc) is 3.37. The summed E-state index contributed by atoms with van der Waals surface area (Å²) < 4.78 is 48.8. The lowest BCUT2D eigenvalue weighted by Gasteiger charge is -2.12. The van der Waals surface area contributed by atoms with Crippen LogP contribution in [0.1, 0.15) is 29.9 Å². The van der Waals surface area contributed by atoms with Gasteiger partial charge in [-0.3, -0.25) is 19.4 Å². The van der Waals surface area contributed by atoms with Crippen LogP contribution in [0.5, 0.6) is 11.6 Å². The molecule has 0 N–H and O–H groups in total. The van der Waals surface area contributed by atoms with Gasteiger partial charge in [-0.25, -0.2) is 4.98 Å². The van der Waals surface area contributed by atoms with Crippen LogP contribution in [0, 0.1) is 0 Å². The number of halogens is 3. The Morgan fingerprint density at radius 3 is 2.53 bits per heavy atom. The molecule has 1 aliphatic rings. The van der Waals surface area contributed by atoms with Crippen LogP contribution >= 0.6 is 0 Å². The van der Waals surface area contributed by atoms with Crippen LogP contribution in [0.4, 0.5) is 18.9 Å². The second-order valence-electron chi connectivity index (χ2n) is 6.53. The van der Waals surface area contributed by atoms with E-state index in [1.54, 1.807) is 24.4 Å². The van der Waals surface area contributed by atoms with Gasteiger partial charge in [-0.1, -0.05) is 13.8 Å². The van der Waals surface area contributed by atoms with E-state index in [2.05, 4.69) is 15.1 Å². The predicted octanol–water partition coefficient (Wildman–Crippen LogP) is 4.11. The zero-order valence-electron chi connectivity index (χ0n) is 18.0. The Morgan fingerprint density at radius 2 is 1.88 bits per heavy atom. The highest BCUT2D eigenvalue weighted by atomic mass is 19.4. The molecule has 8 nitrogen and oxygen atoms in total. The van der Waals surface area contributed by atoms with Gasteiger partial charge in [-0.05, 0) is 18.2 Å². The maximum absolute atomic E-state index is 12.7. The Hall–Kier alpha value is -3.63. The standard InChI is InChI=1S/C19H16F3N5O3.C2H6/c1-29-16-5-11(6-23-17(16)30-2)14-4-3-13-15(25-14)9-27(18(13)28)12-7-24-26(8-12)10-19(20,21)22;1-2/h3-8H,9-10H2,1-2H3;1-2H3. The molecule has 3 aromatic heterocycles. The monoisotopic (exact) mass is 449 g/mol. The van der Waals surface area contributed by atoms with Crippen molar-refractivity contribution in [1.29, 1.82) is 0 Å². The number of carbonyl (C=O) groups is 1. The Morgan fingerprint density at radius 1 is 1.12 bits per heavy atom. The third-order valence-corrected chi connectivity index (χ3v) is 4.56. The molecule has 4 rings (SSSR count). The summed E-state index contributed by atoms with van der Waals surface area (Å²) in [5.74, 6) is 0.424. The zero-order valence-corrected chi connectivity index (χ0v) is 18.0. The van der Waals surface area contributed by atoms with Crippen LogP contribution < -0.4 is 14.4 Å². The van der Waals surface area contributed by atoms with E-state index < -0.39 is 12.7 Å². The van der Waals surface area contributed by atoms with Gasteiger partial charge in [0.05, 0.1) is 49.6 Å². The van der Waals surface area contributed by atoms with Crippen molar-refractivity contribution in [3.05, 3.63) is 48.0 Å². The van der Waals surface area contributed by atoms with Crippen LogP contribution in [0.2, 0.25) is 0 Å². The summed E-state index contributed by atoms with van der Waals surface area (Å²) >= 11 is 0. The maximum atomic E-state index is 12.7. The van der Waals surface area contributed by atoms with Gasteiger partial charge in [0.1, 0.15) is 6.54 Å². The molecule has 0 radical (unpaired) electrons. The van der Waals surface area contributed by atoms with E-state index in [0.29, 0.717) is 34.1 Å².